The van der Waals surface area contributed by atoms with Crippen molar-refractivity contribution in [2.45, 2.75) is 44.4 Å². The molecule has 2 N–H and O–H groups in total. The van der Waals surface area contributed by atoms with E-state index >= 15 is 0 Å². The maximum Gasteiger partial charge on any atom is 0.271 e. The van der Waals surface area contributed by atoms with E-state index in [1.807, 2.05) is 30.3 Å². The standard InChI is InChI=1S/C24H24N4O5S/c29-23(16-10-12-17(13-11-16)28(31)32)26-19-8-4-5-9-20(19)27-24(30)21-15-34-22(25-21)14-33-18-6-2-1-3-7-18/h1-3,6-7,10-13,15,19-20H,4-5,8-9,14H2,(H,26,29)(H,27,30)/t19-,20-/m0/s1. The fourth-order valence-electron chi connectivity index (χ4n) is 3.85. The van der Waals surface area contributed by atoms with Crippen LogP contribution in [0.5, 0.6) is 5.75 Å². The number of para-hydroxylation sites is 1. The Morgan fingerprint density at radius 2 is 1.65 bits per heavy atom. The largest absolute Gasteiger partial charge is 0.486 e. The number of thiazole rings is 1. The molecule has 2 atom stereocenters. The number of rotatable bonds is 8. The fraction of sp³-hybridized carbons (Fsp3) is 0.292. The summed E-state index contributed by atoms with van der Waals surface area (Å²) < 4.78 is 5.69. The van der Waals surface area contributed by atoms with E-state index in [4.69, 9.17) is 4.74 Å². The average molecular weight is 481 g/mol. The van der Waals surface area contributed by atoms with Crippen molar-refractivity contribution >= 4 is 28.8 Å². The summed E-state index contributed by atoms with van der Waals surface area (Å²) in [6, 6.07) is 14.4. The lowest BCUT2D eigenvalue weighted by atomic mass is 9.90. The van der Waals surface area contributed by atoms with Crippen molar-refractivity contribution in [1.82, 2.24) is 15.6 Å². The van der Waals surface area contributed by atoms with Gasteiger partial charge in [-0.3, -0.25) is 19.7 Å². The molecule has 0 spiro atoms. The second-order valence-electron chi connectivity index (χ2n) is 7.98. The molecule has 1 heterocycles. The van der Waals surface area contributed by atoms with Gasteiger partial charge in [-0.25, -0.2) is 4.98 Å². The lowest BCUT2D eigenvalue weighted by Gasteiger charge is -2.32. The minimum atomic E-state index is -0.508. The lowest BCUT2D eigenvalue weighted by Crippen LogP contribution is -2.53. The molecule has 2 amide bonds. The smallest absolute Gasteiger partial charge is 0.271 e. The third kappa shape index (κ3) is 5.96. The van der Waals surface area contributed by atoms with Gasteiger partial charge in [0.2, 0.25) is 0 Å². The van der Waals surface area contributed by atoms with Gasteiger partial charge in [-0.1, -0.05) is 31.0 Å². The van der Waals surface area contributed by atoms with Crippen LogP contribution in [0.25, 0.3) is 0 Å². The first kappa shape index (κ1) is 23.4. The molecule has 1 aromatic heterocycles. The Bertz CT molecular complexity index is 1150. The molecule has 0 aliphatic heterocycles. The van der Waals surface area contributed by atoms with Gasteiger partial charge in [0.1, 0.15) is 23.1 Å². The molecule has 1 aliphatic carbocycles. The molecule has 9 nitrogen and oxygen atoms in total. The fourth-order valence-corrected chi connectivity index (χ4v) is 4.53. The molecule has 10 heteroatoms. The number of amides is 2. The van der Waals surface area contributed by atoms with Crippen LogP contribution in [0, 0.1) is 10.1 Å². The number of nitrogens with zero attached hydrogens (tertiary/aromatic N) is 2. The molecule has 0 unspecified atom stereocenters. The van der Waals surface area contributed by atoms with Crippen LogP contribution in [0.2, 0.25) is 0 Å². The summed E-state index contributed by atoms with van der Waals surface area (Å²) in [7, 11) is 0. The number of hydrogen-bond acceptors (Lipinski definition) is 7. The summed E-state index contributed by atoms with van der Waals surface area (Å²) in [6.07, 6.45) is 3.36. The predicted octanol–water partition coefficient (Wildman–Crippen LogP) is 4.10. The van der Waals surface area contributed by atoms with Gasteiger partial charge in [0.25, 0.3) is 17.5 Å². The highest BCUT2D eigenvalue weighted by Crippen LogP contribution is 2.21. The number of benzene rings is 2. The Morgan fingerprint density at radius 3 is 2.29 bits per heavy atom. The van der Waals surface area contributed by atoms with E-state index in [9.17, 15) is 19.7 Å². The van der Waals surface area contributed by atoms with Gasteiger partial charge in [-0.2, -0.15) is 0 Å². The van der Waals surface area contributed by atoms with Crippen LogP contribution in [0.1, 0.15) is 51.5 Å². The molecule has 3 aromatic rings. The molecule has 0 radical (unpaired) electrons. The maximum absolute atomic E-state index is 12.8. The molecular formula is C24H24N4O5S. The van der Waals surface area contributed by atoms with Crippen molar-refractivity contribution < 1.29 is 19.2 Å². The minimum absolute atomic E-state index is 0.0730. The number of nitro groups is 1. The van der Waals surface area contributed by atoms with Crippen LogP contribution in [0.4, 0.5) is 5.69 Å². The second-order valence-corrected chi connectivity index (χ2v) is 8.92. The molecule has 0 saturated heterocycles. The third-order valence-corrected chi connectivity index (χ3v) is 6.45. The zero-order chi connectivity index (χ0) is 23.9. The molecule has 0 bridgehead atoms. The first-order valence-corrected chi connectivity index (χ1v) is 11.9. The highest BCUT2D eigenvalue weighted by atomic mass is 32.1. The lowest BCUT2D eigenvalue weighted by molar-refractivity contribution is -0.384. The van der Waals surface area contributed by atoms with Gasteiger partial charge < -0.3 is 15.4 Å². The van der Waals surface area contributed by atoms with E-state index in [2.05, 4.69) is 15.6 Å². The van der Waals surface area contributed by atoms with E-state index in [-0.39, 0.29) is 36.2 Å². The highest BCUT2D eigenvalue weighted by Gasteiger charge is 2.29. The first-order chi connectivity index (χ1) is 16.5. The Balaban J connectivity index is 1.34. The molecule has 176 valence electrons. The van der Waals surface area contributed by atoms with Crippen molar-refractivity contribution in [3.05, 3.63) is 86.4 Å². The van der Waals surface area contributed by atoms with E-state index < -0.39 is 4.92 Å². The number of nitrogens with one attached hydrogen (secondary N) is 2. The number of carbonyl (C=O) groups is 2. The normalized spacial score (nSPS) is 17.5. The summed E-state index contributed by atoms with van der Waals surface area (Å²) in [4.78, 5) is 40.2. The highest BCUT2D eigenvalue weighted by molar-refractivity contribution is 7.09. The van der Waals surface area contributed by atoms with Gasteiger partial charge in [0.15, 0.2) is 0 Å². The monoisotopic (exact) mass is 480 g/mol. The molecule has 1 saturated carbocycles. The molecule has 2 aromatic carbocycles. The van der Waals surface area contributed by atoms with Crippen molar-refractivity contribution in [2.24, 2.45) is 0 Å². The number of nitro benzene ring substituents is 1. The van der Waals surface area contributed by atoms with Crippen LogP contribution >= 0.6 is 11.3 Å². The quantitative estimate of drug-likeness (QED) is 0.370. The minimum Gasteiger partial charge on any atom is -0.486 e. The van der Waals surface area contributed by atoms with Gasteiger partial charge in [-0.15, -0.1) is 11.3 Å². The van der Waals surface area contributed by atoms with E-state index in [1.165, 1.54) is 35.6 Å². The van der Waals surface area contributed by atoms with Crippen molar-refractivity contribution in [3.8, 4) is 5.75 Å². The Labute approximate surface area is 200 Å². The number of carbonyl (C=O) groups excluding carboxylic acids is 2. The average Bonchev–Trinajstić information content (AvgIpc) is 3.34. The van der Waals surface area contributed by atoms with Crippen LogP contribution in [-0.4, -0.2) is 33.8 Å². The number of ether oxygens (including phenoxy) is 1. The van der Waals surface area contributed by atoms with Gasteiger partial charge in [-0.05, 0) is 37.1 Å². The zero-order valence-corrected chi connectivity index (χ0v) is 19.1. The number of non-ortho nitro benzene ring substituents is 1. The Kier molecular flexibility index (Phi) is 7.48. The third-order valence-electron chi connectivity index (χ3n) is 5.63. The molecule has 34 heavy (non-hydrogen) atoms. The van der Waals surface area contributed by atoms with Gasteiger partial charge in [0, 0.05) is 35.2 Å². The van der Waals surface area contributed by atoms with E-state index in [0.29, 0.717) is 16.3 Å². The Morgan fingerprint density at radius 1 is 1.00 bits per heavy atom. The molecular weight excluding hydrogens is 456 g/mol. The van der Waals surface area contributed by atoms with E-state index in [0.717, 1.165) is 31.4 Å². The zero-order valence-electron chi connectivity index (χ0n) is 18.3. The van der Waals surface area contributed by atoms with Gasteiger partial charge >= 0.3 is 0 Å². The van der Waals surface area contributed by atoms with Crippen LogP contribution in [0.3, 0.4) is 0 Å². The van der Waals surface area contributed by atoms with Crippen molar-refractivity contribution in [3.63, 3.8) is 0 Å². The first-order valence-electron chi connectivity index (χ1n) is 11.0. The molecule has 1 aliphatic rings. The second kappa shape index (κ2) is 10.9. The maximum atomic E-state index is 12.8. The topological polar surface area (TPSA) is 123 Å². The summed E-state index contributed by atoms with van der Waals surface area (Å²) in [5.74, 6) is 0.122. The summed E-state index contributed by atoms with van der Waals surface area (Å²) in [5.41, 5.74) is 0.586. The number of hydrogen-bond donors (Lipinski definition) is 2. The summed E-state index contributed by atoms with van der Waals surface area (Å²) in [6.45, 7) is 0.277. The van der Waals surface area contributed by atoms with Crippen molar-refractivity contribution in [2.75, 3.05) is 0 Å². The summed E-state index contributed by atoms with van der Waals surface area (Å²) >= 11 is 1.36. The van der Waals surface area contributed by atoms with E-state index in [1.54, 1.807) is 5.38 Å². The molecule has 4 rings (SSSR count). The van der Waals surface area contributed by atoms with Crippen LogP contribution < -0.4 is 15.4 Å². The Hall–Kier alpha value is -3.79. The predicted molar refractivity (Wildman–Crippen MR) is 127 cm³/mol. The van der Waals surface area contributed by atoms with Gasteiger partial charge in [0.05, 0.1) is 4.92 Å². The van der Waals surface area contributed by atoms with Crippen LogP contribution in [0.15, 0.2) is 60.0 Å². The molecule has 1 fully saturated rings. The van der Waals surface area contributed by atoms with Crippen LogP contribution in [-0.2, 0) is 6.61 Å². The SMILES string of the molecule is O=C(N[C@H]1CCCC[C@@H]1NC(=O)c1csc(COc2ccccc2)n1)c1ccc([N+](=O)[O-])cc1. The summed E-state index contributed by atoms with van der Waals surface area (Å²) in [5, 5.41) is 19.2. The number of aromatic nitrogens is 1. The van der Waals surface area contributed by atoms with Crippen molar-refractivity contribution in [1.29, 1.82) is 0 Å².